The van der Waals surface area contributed by atoms with Crippen molar-refractivity contribution in [2.45, 2.75) is 19.3 Å². The quantitative estimate of drug-likeness (QED) is 0.772. The zero-order valence-corrected chi connectivity index (χ0v) is 13.4. The third kappa shape index (κ3) is 3.31. The van der Waals surface area contributed by atoms with Crippen molar-refractivity contribution in [2.24, 2.45) is 23.7 Å². The Labute approximate surface area is 132 Å². The maximum atomic E-state index is 12.5. The topological polar surface area (TPSA) is 42.0 Å². The van der Waals surface area contributed by atoms with E-state index in [1.54, 1.807) is 0 Å². The summed E-state index contributed by atoms with van der Waals surface area (Å²) in [5, 5.41) is 0. The molecule has 3 saturated heterocycles. The molecule has 0 aromatic carbocycles. The number of rotatable bonds is 4. The Balaban J connectivity index is 1.33. The van der Waals surface area contributed by atoms with E-state index in [1.807, 2.05) is 4.90 Å². The molecule has 4 fully saturated rings. The normalized spacial score (nSPS) is 36.4. The summed E-state index contributed by atoms with van der Waals surface area (Å²) in [5.74, 6) is 2.98. The fourth-order valence-electron chi connectivity index (χ4n) is 4.38. The van der Waals surface area contributed by atoms with Crippen LogP contribution in [0.5, 0.6) is 0 Å². The van der Waals surface area contributed by atoms with Crippen LogP contribution in [0.15, 0.2) is 0 Å². The van der Waals surface area contributed by atoms with Crippen LogP contribution in [-0.4, -0.2) is 74.9 Å². The largest absolute Gasteiger partial charge is 0.381 e. The average Bonchev–Trinajstić information content (AvgIpc) is 3.25. The van der Waals surface area contributed by atoms with Gasteiger partial charge in [-0.2, -0.15) is 0 Å². The molecule has 3 aliphatic heterocycles. The van der Waals surface area contributed by atoms with Crippen LogP contribution in [-0.2, 0) is 14.3 Å². The van der Waals surface area contributed by atoms with Gasteiger partial charge in [0.1, 0.15) is 0 Å². The van der Waals surface area contributed by atoms with Gasteiger partial charge in [-0.05, 0) is 36.5 Å². The summed E-state index contributed by atoms with van der Waals surface area (Å²) in [6.45, 7) is 8.21. The van der Waals surface area contributed by atoms with E-state index in [1.165, 1.54) is 32.5 Å². The van der Waals surface area contributed by atoms with Crippen LogP contribution < -0.4 is 0 Å². The van der Waals surface area contributed by atoms with Crippen molar-refractivity contribution < 1.29 is 14.3 Å². The summed E-state index contributed by atoms with van der Waals surface area (Å²) in [6, 6.07) is 0. The summed E-state index contributed by atoms with van der Waals surface area (Å²) in [5.41, 5.74) is 0. The molecule has 0 radical (unpaired) electrons. The Morgan fingerprint density at radius 2 is 1.86 bits per heavy atom. The van der Waals surface area contributed by atoms with Gasteiger partial charge in [0.25, 0.3) is 0 Å². The summed E-state index contributed by atoms with van der Waals surface area (Å²) in [6.07, 6.45) is 3.50. The van der Waals surface area contributed by atoms with Crippen LogP contribution in [0.2, 0.25) is 0 Å². The van der Waals surface area contributed by atoms with Crippen molar-refractivity contribution in [1.29, 1.82) is 0 Å². The van der Waals surface area contributed by atoms with Crippen molar-refractivity contribution in [1.82, 2.24) is 9.80 Å². The van der Waals surface area contributed by atoms with Gasteiger partial charge in [-0.3, -0.25) is 4.79 Å². The first-order valence-electron chi connectivity index (χ1n) is 8.95. The predicted molar refractivity (Wildman–Crippen MR) is 82.5 cm³/mol. The fourth-order valence-corrected chi connectivity index (χ4v) is 4.38. The van der Waals surface area contributed by atoms with E-state index in [0.717, 1.165) is 32.2 Å². The van der Waals surface area contributed by atoms with Gasteiger partial charge in [0, 0.05) is 39.1 Å². The molecule has 1 saturated carbocycles. The third-order valence-corrected chi connectivity index (χ3v) is 5.85. The smallest absolute Gasteiger partial charge is 0.223 e. The van der Waals surface area contributed by atoms with E-state index < -0.39 is 0 Å². The lowest BCUT2D eigenvalue weighted by Gasteiger charge is -2.35. The number of carbonyl (C=O) groups is 1. The molecule has 0 N–H and O–H groups in total. The molecule has 0 aromatic rings. The average molecular weight is 308 g/mol. The summed E-state index contributed by atoms with van der Waals surface area (Å²) in [4.78, 5) is 17.1. The van der Waals surface area contributed by atoms with E-state index >= 15 is 0 Å². The lowest BCUT2D eigenvalue weighted by Crippen LogP contribution is -2.44. The van der Waals surface area contributed by atoms with Crippen LogP contribution in [0.3, 0.4) is 0 Å². The lowest BCUT2D eigenvalue weighted by atomic mass is 9.81. The van der Waals surface area contributed by atoms with Gasteiger partial charge in [-0.15, -0.1) is 0 Å². The number of ether oxygens (including phenoxy) is 2. The molecule has 5 nitrogen and oxygen atoms in total. The minimum atomic E-state index is 0.304. The number of nitrogens with zero attached hydrogens (tertiary/aromatic N) is 2. The highest BCUT2D eigenvalue weighted by Crippen LogP contribution is 2.38. The second-order valence-corrected chi connectivity index (χ2v) is 7.58. The number of hydrogen-bond acceptors (Lipinski definition) is 4. The molecule has 3 atom stereocenters. The molecule has 1 amide bonds. The Hall–Kier alpha value is -0.650. The van der Waals surface area contributed by atoms with E-state index in [9.17, 15) is 4.79 Å². The highest BCUT2D eigenvalue weighted by Gasteiger charge is 2.43. The molecule has 22 heavy (non-hydrogen) atoms. The number of amides is 1. The molecular formula is C17H28N2O3. The first-order valence-corrected chi connectivity index (χ1v) is 8.95. The molecule has 0 aromatic heterocycles. The van der Waals surface area contributed by atoms with Gasteiger partial charge < -0.3 is 19.3 Å². The Bertz CT molecular complexity index is 407. The third-order valence-electron chi connectivity index (χ3n) is 5.85. The van der Waals surface area contributed by atoms with Gasteiger partial charge in [0.05, 0.1) is 26.4 Å². The fraction of sp³-hybridized carbons (Fsp3) is 0.941. The minimum Gasteiger partial charge on any atom is -0.381 e. The number of carbonyl (C=O) groups excluding carboxylic acids is 1. The summed E-state index contributed by atoms with van der Waals surface area (Å²) < 4.78 is 11.2. The second kappa shape index (κ2) is 6.46. The van der Waals surface area contributed by atoms with Crippen molar-refractivity contribution in [3.63, 3.8) is 0 Å². The van der Waals surface area contributed by atoms with Crippen LogP contribution in [0, 0.1) is 23.7 Å². The van der Waals surface area contributed by atoms with E-state index in [2.05, 4.69) is 4.90 Å². The van der Waals surface area contributed by atoms with Crippen molar-refractivity contribution >= 4 is 5.91 Å². The zero-order valence-electron chi connectivity index (χ0n) is 13.4. The van der Waals surface area contributed by atoms with Crippen LogP contribution in [0.25, 0.3) is 0 Å². The molecule has 4 aliphatic rings. The molecule has 0 unspecified atom stereocenters. The van der Waals surface area contributed by atoms with E-state index in [0.29, 0.717) is 43.3 Å². The van der Waals surface area contributed by atoms with E-state index in [-0.39, 0.29) is 0 Å². The highest BCUT2D eigenvalue weighted by atomic mass is 16.5. The minimum absolute atomic E-state index is 0.304. The molecular weight excluding hydrogens is 280 g/mol. The van der Waals surface area contributed by atoms with Crippen molar-refractivity contribution in [2.75, 3.05) is 59.2 Å². The molecule has 0 bridgehead atoms. The maximum Gasteiger partial charge on any atom is 0.223 e. The molecule has 1 aliphatic carbocycles. The first kappa shape index (κ1) is 14.9. The standard InChI is InChI=1S/C17H28N2O3/c20-17(19-3-5-21-6-4-19)7-14-11-22-12-15-9-18(10-16(14)15)8-13-1-2-13/h13-16H,1-12H2/t14-,15-,16+/m1/s1. The number of likely N-dealkylation sites (tertiary alicyclic amines) is 1. The highest BCUT2D eigenvalue weighted by molar-refractivity contribution is 5.76. The lowest BCUT2D eigenvalue weighted by molar-refractivity contribution is -0.138. The Kier molecular flexibility index (Phi) is 4.38. The monoisotopic (exact) mass is 308 g/mol. The number of fused-ring (bicyclic) bond motifs is 1. The Morgan fingerprint density at radius 3 is 2.64 bits per heavy atom. The van der Waals surface area contributed by atoms with Crippen molar-refractivity contribution in [3.05, 3.63) is 0 Å². The van der Waals surface area contributed by atoms with Crippen molar-refractivity contribution in [3.8, 4) is 0 Å². The SMILES string of the molecule is O=C(C[C@@H]1COC[C@H]2CN(CC3CC3)C[C@@H]12)N1CCOCC1. The first-order chi connectivity index (χ1) is 10.8. The van der Waals surface area contributed by atoms with E-state index in [4.69, 9.17) is 9.47 Å². The predicted octanol–water partition coefficient (Wildman–Crippen LogP) is 0.840. The van der Waals surface area contributed by atoms with Crippen LogP contribution in [0.4, 0.5) is 0 Å². The number of hydrogen-bond donors (Lipinski definition) is 0. The summed E-state index contributed by atoms with van der Waals surface area (Å²) >= 11 is 0. The molecule has 124 valence electrons. The molecule has 4 rings (SSSR count). The molecule has 3 heterocycles. The second-order valence-electron chi connectivity index (χ2n) is 7.58. The van der Waals surface area contributed by atoms with Crippen LogP contribution in [0.1, 0.15) is 19.3 Å². The zero-order chi connectivity index (χ0) is 14.9. The Morgan fingerprint density at radius 1 is 1.05 bits per heavy atom. The molecule has 0 spiro atoms. The summed E-state index contributed by atoms with van der Waals surface area (Å²) in [7, 11) is 0. The van der Waals surface area contributed by atoms with Gasteiger partial charge in [0.2, 0.25) is 5.91 Å². The van der Waals surface area contributed by atoms with Gasteiger partial charge in [0.15, 0.2) is 0 Å². The number of morpholine rings is 1. The van der Waals surface area contributed by atoms with Gasteiger partial charge in [-0.25, -0.2) is 0 Å². The molecule has 5 heteroatoms. The van der Waals surface area contributed by atoms with Gasteiger partial charge in [-0.1, -0.05) is 0 Å². The van der Waals surface area contributed by atoms with Crippen LogP contribution >= 0.6 is 0 Å². The maximum absolute atomic E-state index is 12.5. The van der Waals surface area contributed by atoms with Gasteiger partial charge >= 0.3 is 0 Å².